The summed E-state index contributed by atoms with van der Waals surface area (Å²) in [6, 6.07) is 0.524. The fourth-order valence-electron chi connectivity index (χ4n) is 3.42. The predicted octanol–water partition coefficient (Wildman–Crippen LogP) is 2.01. The number of hydrogen-bond acceptors (Lipinski definition) is 3. The average molecular weight is 296 g/mol. The van der Waals surface area contributed by atoms with E-state index in [1.54, 1.807) is 0 Å². The standard InChI is InChI=1S/C16H28N2O3/c19-15(6-5-14-3-1-2-10-17-14)18-11-8-13(9-12-18)4-7-16(20)21/h13-14,17H,1-12H2,(H,20,21). The van der Waals surface area contributed by atoms with Crippen LogP contribution in [0.15, 0.2) is 0 Å². The van der Waals surface area contributed by atoms with E-state index in [0.29, 0.717) is 18.4 Å². The number of carboxylic acids is 1. The summed E-state index contributed by atoms with van der Waals surface area (Å²) in [5, 5.41) is 12.2. The quantitative estimate of drug-likeness (QED) is 0.786. The maximum atomic E-state index is 12.2. The molecular weight excluding hydrogens is 268 g/mol. The molecule has 0 saturated carbocycles. The van der Waals surface area contributed by atoms with E-state index in [9.17, 15) is 9.59 Å². The van der Waals surface area contributed by atoms with E-state index >= 15 is 0 Å². The number of nitrogens with zero attached hydrogens (tertiary/aromatic N) is 1. The van der Waals surface area contributed by atoms with Crippen LogP contribution in [-0.2, 0) is 9.59 Å². The molecule has 1 atom stereocenters. The molecule has 0 radical (unpaired) electrons. The van der Waals surface area contributed by atoms with Crippen molar-refractivity contribution in [3.05, 3.63) is 0 Å². The fraction of sp³-hybridized carbons (Fsp3) is 0.875. The van der Waals surface area contributed by atoms with Gasteiger partial charge in [0.05, 0.1) is 0 Å². The van der Waals surface area contributed by atoms with E-state index in [0.717, 1.165) is 45.3 Å². The summed E-state index contributed by atoms with van der Waals surface area (Å²) in [6.07, 6.45) is 8.27. The normalized spacial score (nSPS) is 24.0. The summed E-state index contributed by atoms with van der Waals surface area (Å²) >= 11 is 0. The summed E-state index contributed by atoms with van der Waals surface area (Å²) < 4.78 is 0. The topological polar surface area (TPSA) is 69.6 Å². The minimum Gasteiger partial charge on any atom is -0.481 e. The Bertz CT molecular complexity index is 345. The van der Waals surface area contributed by atoms with E-state index in [4.69, 9.17) is 5.11 Å². The number of carboxylic acid groups (broad SMARTS) is 1. The molecule has 2 N–H and O–H groups in total. The second-order valence-corrected chi connectivity index (χ2v) is 6.44. The first-order valence-corrected chi connectivity index (χ1v) is 8.38. The summed E-state index contributed by atoms with van der Waals surface area (Å²) in [7, 11) is 0. The van der Waals surface area contributed by atoms with Crippen molar-refractivity contribution in [1.29, 1.82) is 0 Å². The molecule has 0 bridgehead atoms. The van der Waals surface area contributed by atoms with E-state index in [1.165, 1.54) is 19.3 Å². The number of hydrogen-bond donors (Lipinski definition) is 2. The Morgan fingerprint density at radius 1 is 1.05 bits per heavy atom. The molecule has 1 amide bonds. The van der Waals surface area contributed by atoms with Crippen LogP contribution in [0.4, 0.5) is 0 Å². The molecule has 2 aliphatic heterocycles. The van der Waals surface area contributed by atoms with E-state index in [2.05, 4.69) is 5.32 Å². The largest absolute Gasteiger partial charge is 0.481 e. The van der Waals surface area contributed by atoms with Crippen LogP contribution >= 0.6 is 0 Å². The van der Waals surface area contributed by atoms with Gasteiger partial charge in [0.15, 0.2) is 0 Å². The Labute approximate surface area is 127 Å². The number of nitrogens with one attached hydrogen (secondary N) is 1. The van der Waals surface area contributed by atoms with Gasteiger partial charge in [-0.15, -0.1) is 0 Å². The highest BCUT2D eigenvalue weighted by Crippen LogP contribution is 2.23. The third kappa shape index (κ3) is 5.65. The molecule has 2 fully saturated rings. The van der Waals surface area contributed by atoms with Crippen LogP contribution in [0.3, 0.4) is 0 Å². The second-order valence-electron chi connectivity index (χ2n) is 6.44. The van der Waals surface area contributed by atoms with Gasteiger partial charge in [-0.25, -0.2) is 0 Å². The lowest BCUT2D eigenvalue weighted by molar-refractivity contribution is -0.138. The molecule has 5 heteroatoms. The highest BCUT2D eigenvalue weighted by Gasteiger charge is 2.23. The number of aliphatic carboxylic acids is 1. The van der Waals surface area contributed by atoms with Gasteiger partial charge in [-0.05, 0) is 51.0 Å². The van der Waals surface area contributed by atoms with Crippen LogP contribution in [0.5, 0.6) is 0 Å². The van der Waals surface area contributed by atoms with Gasteiger partial charge in [0.1, 0.15) is 0 Å². The van der Waals surface area contributed by atoms with Crippen molar-refractivity contribution in [2.45, 2.75) is 63.8 Å². The van der Waals surface area contributed by atoms with Gasteiger partial charge in [-0.1, -0.05) is 6.42 Å². The number of carbonyl (C=O) groups excluding carboxylic acids is 1. The molecular formula is C16H28N2O3. The Hall–Kier alpha value is -1.10. The zero-order chi connectivity index (χ0) is 15.1. The van der Waals surface area contributed by atoms with Gasteiger partial charge < -0.3 is 15.3 Å². The average Bonchev–Trinajstić information content (AvgIpc) is 2.52. The van der Waals surface area contributed by atoms with Crippen molar-refractivity contribution < 1.29 is 14.7 Å². The van der Waals surface area contributed by atoms with E-state index < -0.39 is 5.97 Å². The zero-order valence-corrected chi connectivity index (χ0v) is 12.9. The second kappa shape index (κ2) is 8.37. The minimum atomic E-state index is -0.714. The highest BCUT2D eigenvalue weighted by molar-refractivity contribution is 5.76. The Morgan fingerprint density at radius 2 is 1.81 bits per heavy atom. The van der Waals surface area contributed by atoms with Gasteiger partial charge >= 0.3 is 5.97 Å². The molecule has 0 aromatic rings. The molecule has 0 aromatic carbocycles. The van der Waals surface area contributed by atoms with Crippen molar-refractivity contribution in [2.75, 3.05) is 19.6 Å². The van der Waals surface area contributed by atoms with E-state index in [1.807, 2.05) is 4.90 Å². The molecule has 2 aliphatic rings. The third-order valence-corrected chi connectivity index (χ3v) is 4.85. The number of rotatable bonds is 6. The van der Waals surface area contributed by atoms with Crippen molar-refractivity contribution in [2.24, 2.45) is 5.92 Å². The van der Waals surface area contributed by atoms with Gasteiger partial charge in [0.2, 0.25) is 5.91 Å². The first-order valence-electron chi connectivity index (χ1n) is 8.38. The number of likely N-dealkylation sites (tertiary alicyclic amines) is 1. The molecule has 0 aromatic heterocycles. The van der Waals surface area contributed by atoms with E-state index in [-0.39, 0.29) is 12.3 Å². The minimum absolute atomic E-state index is 0.256. The summed E-state index contributed by atoms with van der Waals surface area (Å²) in [6.45, 7) is 2.70. The smallest absolute Gasteiger partial charge is 0.303 e. The van der Waals surface area contributed by atoms with Crippen LogP contribution < -0.4 is 5.32 Å². The monoisotopic (exact) mass is 296 g/mol. The fourth-order valence-corrected chi connectivity index (χ4v) is 3.42. The Kier molecular flexibility index (Phi) is 6.49. The SMILES string of the molecule is O=C(O)CCC1CCN(C(=O)CCC2CCCCN2)CC1. The third-order valence-electron chi connectivity index (χ3n) is 4.85. The van der Waals surface area contributed by atoms with Crippen LogP contribution in [0.1, 0.15) is 57.8 Å². The predicted molar refractivity (Wildman–Crippen MR) is 81.0 cm³/mol. The molecule has 1 unspecified atom stereocenters. The lowest BCUT2D eigenvalue weighted by Gasteiger charge is -2.32. The first kappa shape index (κ1) is 16.3. The number of piperidine rings is 2. The maximum absolute atomic E-state index is 12.2. The maximum Gasteiger partial charge on any atom is 0.303 e. The Balaban J connectivity index is 1.62. The zero-order valence-electron chi connectivity index (χ0n) is 12.9. The van der Waals surface area contributed by atoms with Crippen molar-refractivity contribution in [3.8, 4) is 0 Å². The molecule has 120 valence electrons. The number of amides is 1. The molecule has 2 saturated heterocycles. The van der Waals surface area contributed by atoms with Crippen LogP contribution in [0.2, 0.25) is 0 Å². The molecule has 0 aliphatic carbocycles. The lowest BCUT2D eigenvalue weighted by atomic mass is 9.92. The van der Waals surface area contributed by atoms with Gasteiger partial charge in [0.25, 0.3) is 0 Å². The van der Waals surface area contributed by atoms with Crippen LogP contribution in [0, 0.1) is 5.92 Å². The van der Waals surface area contributed by atoms with Crippen molar-refractivity contribution in [1.82, 2.24) is 10.2 Å². The summed E-state index contributed by atoms with van der Waals surface area (Å²) in [4.78, 5) is 24.8. The molecule has 2 heterocycles. The van der Waals surface area contributed by atoms with Crippen molar-refractivity contribution in [3.63, 3.8) is 0 Å². The Morgan fingerprint density at radius 3 is 2.43 bits per heavy atom. The van der Waals surface area contributed by atoms with Gasteiger partial charge in [-0.2, -0.15) is 0 Å². The van der Waals surface area contributed by atoms with Gasteiger partial charge in [-0.3, -0.25) is 9.59 Å². The van der Waals surface area contributed by atoms with Gasteiger partial charge in [0, 0.05) is 32.0 Å². The first-order chi connectivity index (χ1) is 10.1. The lowest BCUT2D eigenvalue weighted by Crippen LogP contribution is -2.40. The van der Waals surface area contributed by atoms with Crippen molar-refractivity contribution >= 4 is 11.9 Å². The molecule has 5 nitrogen and oxygen atoms in total. The molecule has 0 spiro atoms. The van der Waals surface area contributed by atoms with Crippen LogP contribution in [-0.4, -0.2) is 47.6 Å². The molecule has 2 rings (SSSR count). The number of carbonyl (C=O) groups is 2. The summed E-state index contributed by atoms with van der Waals surface area (Å²) in [5.41, 5.74) is 0. The highest BCUT2D eigenvalue weighted by atomic mass is 16.4. The molecule has 21 heavy (non-hydrogen) atoms. The summed E-state index contributed by atoms with van der Waals surface area (Å²) in [5.74, 6) is 0.0395. The van der Waals surface area contributed by atoms with Crippen LogP contribution in [0.25, 0.3) is 0 Å².